The molecule has 1 aliphatic heterocycles. The highest BCUT2D eigenvalue weighted by atomic mass is 16.5. The first-order valence-corrected chi connectivity index (χ1v) is 9.41. The lowest BCUT2D eigenvalue weighted by atomic mass is 10.2. The second-order valence-electron chi connectivity index (χ2n) is 7.08. The minimum atomic E-state index is -0.599. The van der Waals surface area contributed by atoms with Crippen molar-refractivity contribution in [1.29, 1.82) is 0 Å². The summed E-state index contributed by atoms with van der Waals surface area (Å²) in [7, 11) is 0. The summed E-state index contributed by atoms with van der Waals surface area (Å²) in [5, 5.41) is 0. The summed E-state index contributed by atoms with van der Waals surface area (Å²) < 4.78 is 12.4. The Bertz CT molecular complexity index is 958. The fourth-order valence-corrected chi connectivity index (χ4v) is 3.50. The van der Waals surface area contributed by atoms with Gasteiger partial charge >= 0.3 is 5.97 Å². The molecule has 1 amide bonds. The zero-order valence-corrected chi connectivity index (χ0v) is 16.6. The zero-order valence-electron chi connectivity index (χ0n) is 16.6. The van der Waals surface area contributed by atoms with Crippen LogP contribution in [0.15, 0.2) is 23.0 Å². The molecule has 2 atom stereocenters. The molecule has 1 aromatic heterocycles. The van der Waals surface area contributed by atoms with Crippen LogP contribution in [0.1, 0.15) is 36.8 Å². The topological polar surface area (TPSA) is 90.7 Å². The summed E-state index contributed by atoms with van der Waals surface area (Å²) in [4.78, 5) is 42.8. The van der Waals surface area contributed by atoms with Gasteiger partial charge in [-0.1, -0.05) is 0 Å². The van der Waals surface area contributed by atoms with Gasteiger partial charge in [-0.3, -0.25) is 9.59 Å². The number of carbonyl (C=O) groups excluding carboxylic acids is 2. The fourth-order valence-electron chi connectivity index (χ4n) is 3.50. The third-order valence-corrected chi connectivity index (χ3v) is 4.76. The van der Waals surface area contributed by atoms with Crippen LogP contribution in [0.4, 0.5) is 0 Å². The lowest BCUT2D eigenvalue weighted by molar-refractivity contribution is -0.146. The van der Waals surface area contributed by atoms with Crippen molar-refractivity contribution in [1.82, 2.24) is 14.5 Å². The molecule has 3 rings (SSSR count). The lowest BCUT2D eigenvalue weighted by Gasteiger charge is -2.35. The Kier molecular flexibility index (Phi) is 5.79. The first-order chi connectivity index (χ1) is 13.3. The maximum absolute atomic E-state index is 12.4. The molecule has 8 heteroatoms. The Balaban J connectivity index is 1.72. The number of rotatable bonds is 4. The molecule has 28 heavy (non-hydrogen) atoms. The van der Waals surface area contributed by atoms with E-state index in [1.165, 1.54) is 0 Å². The van der Waals surface area contributed by atoms with E-state index in [0.717, 1.165) is 0 Å². The van der Waals surface area contributed by atoms with Crippen LogP contribution in [-0.2, 0) is 20.8 Å². The number of carbonyl (C=O) groups is 2. The molecule has 150 valence electrons. The van der Waals surface area contributed by atoms with Crippen molar-refractivity contribution < 1.29 is 19.1 Å². The molecule has 0 bridgehead atoms. The predicted molar refractivity (Wildman–Crippen MR) is 103 cm³/mol. The smallest absolute Gasteiger partial charge is 0.338 e. The summed E-state index contributed by atoms with van der Waals surface area (Å²) in [6.07, 6.45) is -0.0938. The number of morpholine rings is 1. The van der Waals surface area contributed by atoms with Crippen molar-refractivity contribution in [2.24, 2.45) is 0 Å². The normalized spacial score (nSPS) is 19.6. The van der Waals surface area contributed by atoms with Crippen molar-refractivity contribution in [2.45, 2.75) is 46.4 Å². The molecule has 0 N–H and O–H groups in total. The Morgan fingerprint density at radius 3 is 2.57 bits per heavy atom. The summed E-state index contributed by atoms with van der Waals surface area (Å²) in [5.41, 5.74) is 1.70. The van der Waals surface area contributed by atoms with Crippen LogP contribution in [0.5, 0.6) is 0 Å². The maximum Gasteiger partial charge on any atom is 0.338 e. The van der Waals surface area contributed by atoms with Gasteiger partial charge in [0.05, 0.1) is 28.8 Å². The van der Waals surface area contributed by atoms with Gasteiger partial charge in [-0.15, -0.1) is 0 Å². The first kappa shape index (κ1) is 20.0. The summed E-state index contributed by atoms with van der Waals surface area (Å²) in [6.45, 7) is 8.47. The molecular weight excluding hydrogens is 362 g/mol. The highest BCUT2D eigenvalue weighted by Crippen LogP contribution is 2.15. The Hall–Kier alpha value is -2.74. The van der Waals surface area contributed by atoms with E-state index in [2.05, 4.69) is 4.98 Å². The molecule has 2 heterocycles. The molecule has 0 saturated carbocycles. The number of esters is 1. The number of nitrogens with zero attached hydrogens (tertiary/aromatic N) is 3. The van der Waals surface area contributed by atoms with Gasteiger partial charge < -0.3 is 18.9 Å². The fraction of sp³-hybridized carbons (Fsp3) is 0.500. The lowest BCUT2D eigenvalue weighted by Crippen LogP contribution is -2.49. The minimum Gasteiger partial charge on any atom is -0.452 e. The Morgan fingerprint density at radius 2 is 1.93 bits per heavy atom. The van der Waals surface area contributed by atoms with Crippen molar-refractivity contribution in [3.05, 3.63) is 39.8 Å². The number of hydrogen-bond acceptors (Lipinski definition) is 6. The number of hydrogen-bond donors (Lipinski definition) is 0. The zero-order chi connectivity index (χ0) is 20.4. The van der Waals surface area contributed by atoms with E-state index in [1.807, 2.05) is 20.8 Å². The average molecular weight is 387 g/mol. The van der Waals surface area contributed by atoms with Crippen molar-refractivity contribution >= 4 is 22.9 Å². The van der Waals surface area contributed by atoms with Gasteiger partial charge in [0.15, 0.2) is 6.61 Å². The molecule has 1 aliphatic rings. The van der Waals surface area contributed by atoms with Gasteiger partial charge in [0.1, 0.15) is 5.69 Å². The van der Waals surface area contributed by atoms with E-state index >= 15 is 0 Å². The summed E-state index contributed by atoms with van der Waals surface area (Å²) >= 11 is 0. The standard InChI is InChI=1S/C20H25N3O5/c1-5-23-17-7-6-15(8-16(17)21-14(4)19(23)25)20(26)27-11-18(24)22-9-12(2)28-13(3)10-22/h6-8,12-13H,5,9-11H2,1-4H3/t12-,13-/m1/s1. The van der Waals surface area contributed by atoms with E-state index in [4.69, 9.17) is 9.47 Å². The van der Waals surface area contributed by atoms with Gasteiger partial charge in [0.25, 0.3) is 11.5 Å². The van der Waals surface area contributed by atoms with Gasteiger partial charge in [0, 0.05) is 19.6 Å². The molecular formula is C20H25N3O5. The van der Waals surface area contributed by atoms with E-state index in [1.54, 1.807) is 34.6 Å². The number of ether oxygens (including phenoxy) is 2. The Labute approximate surface area is 163 Å². The van der Waals surface area contributed by atoms with Crippen LogP contribution in [0, 0.1) is 6.92 Å². The number of aryl methyl sites for hydroxylation is 2. The van der Waals surface area contributed by atoms with Crippen molar-refractivity contribution in [3.8, 4) is 0 Å². The number of aromatic nitrogens is 2. The van der Waals surface area contributed by atoms with Crippen molar-refractivity contribution in [3.63, 3.8) is 0 Å². The molecule has 8 nitrogen and oxygen atoms in total. The van der Waals surface area contributed by atoms with Crippen LogP contribution in [0.3, 0.4) is 0 Å². The highest BCUT2D eigenvalue weighted by molar-refractivity contribution is 5.94. The van der Waals surface area contributed by atoms with Crippen molar-refractivity contribution in [2.75, 3.05) is 19.7 Å². The van der Waals surface area contributed by atoms with E-state index in [0.29, 0.717) is 36.4 Å². The van der Waals surface area contributed by atoms with Crippen LogP contribution in [-0.4, -0.2) is 58.2 Å². The van der Waals surface area contributed by atoms with E-state index < -0.39 is 5.97 Å². The van der Waals surface area contributed by atoms with Crippen LogP contribution in [0.2, 0.25) is 0 Å². The second kappa shape index (κ2) is 8.10. The van der Waals surface area contributed by atoms with Gasteiger partial charge in [-0.2, -0.15) is 0 Å². The molecule has 2 aromatic rings. The number of benzene rings is 1. The summed E-state index contributed by atoms with van der Waals surface area (Å²) in [5.74, 6) is -0.844. The third kappa shape index (κ3) is 4.06. The monoisotopic (exact) mass is 387 g/mol. The molecule has 1 aromatic carbocycles. The number of amides is 1. The molecule has 0 spiro atoms. The molecule has 0 unspecified atom stereocenters. The number of fused-ring (bicyclic) bond motifs is 1. The van der Waals surface area contributed by atoms with Crippen LogP contribution in [0.25, 0.3) is 11.0 Å². The van der Waals surface area contributed by atoms with Gasteiger partial charge in [-0.25, -0.2) is 9.78 Å². The predicted octanol–water partition coefficient (Wildman–Crippen LogP) is 1.52. The van der Waals surface area contributed by atoms with E-state index in [9.17, 15) is 14.4 Å². The minimum absolute atomic E-state index is 0.0469. The molecule has 0 aliphatic carbocycles. The molecule has 1 saturated heterocycles. The third-order valence-electron chi connectivity index (χ3n) is 4.76. The largest absolute Gasteiger partial charge is 0.452 e. The van der Waals surface area contributed by atoms with Gasteiger partial charge in [0.2, 0.25) is 0 Å². The average Bonchev–Trinajstić information content (AvgIpc) is 2.65. The Morgan fingerprint density at radius 1 is 1.25 bits per heavy atom. The second-order valence-corrected chi connectivity index (χ2v) is 7.08. The van der Waals surface area contributed by atoms with E-state index in [-0.39, 0.29) is 35.8 Å². The SMILES string of the molecule is CCn1c(=O)c(C)nc2cc(C(=O)OCC(=O)N3C[C@@H](C)O[C@H](C)C3)ccc21. The quantitative estimate of drug-likeness (QED) is 0.739. The van der Waals surface area contributed by atoms with Crippen LogP contribution >= 0.6 is 0 Å². The van der Waals surface area contributed by atoms with Crippen LogP contribution < -0.4 is 5.56 Å². The molecule has 1 fully saturated rings. The molecule has 0 radical (unpaired) electrons. The highest BCUT2D eigenvalue weighted by Gasteiger charge is 2.26. The first-order valence-electron chi connectivity index (χ1n) is 9.41. The maximum atomic E-state index is 12.4. The summed E-state index contributed by atoms with van der Waals surface area (Å²) in [6, 6.07) is 4.84. The van der Waals surface area contributed by atoms with Gasteiger partial charge in [-0.05, 0) is 45.9 Å².